The zero-order chi connectivity index (χ0) is 27.5. The van der Waals surface area contributed by atoms with E-state index in [1.807, 2.05) is 0 Å². The monoisotopic (exact) mass is 523 g/mol. The van der Waals surface area contributed by atoms with E-state index < -0.39 is 11.4 Å². The molecule has 0 amide bonds. The van der Waals surface area contributed by atoms with Crippen LogP contribution in [-0.2, 0) is 4.79 Å². The number of carbonyl (C=O) groups is 1. The maximum absolute atomic E-state index is 12.7. The van der Waals surface area contributed by atoms with E-state index in [2.05, 4.69) is 27.7 Å². The molecule has 0 bridgehead atoms. The van der Waals surface area contributed by atoms with Gasteiger partial charge in [0.2, 0.25) is 0 Å². The van der Waals surface area contributed by atoms with Crippen molar-refractivity contribution in [3.63, 3.8) is 0 Å². The maximum atomic E-state index is 12.7. The van der Waals surface area contributed by atoms with E-state index in [1.54, 1.807) is 0 Å². The highest BCUT2D eigenvalue weighted by Gasteiger charge is 2.43. The van der Waals surface area contributed by atoms with Gasteiger partial charge in [0.05, 0.1) is 5.41 Å². The van der Waals surface area contributed by atoms with Crippen LogP contribution in [0.2, 0.25) is 0 Å². The molecule has 0 spiro atoms. The number of unbranched alkanes of at least 4 members (excludes halogenated alkanes) is 20. The third-order valence-electron chi connectivity index (χ3n) is 8.92. The van der Waals surface area contributed by atoms with E-state index >= 15 is 0 Å². The Balaban J connectivity index is 4.34. The van der Waals surface area contributed by atoms with Crippen LogP contribution in [0.1, 0.15) is 207 Å². The van der Waals surface area contributed by atoms with Crippen molar-refractivity contribution in [2.75, 3.05) is 0 Å². The Morgan fingerprint density at radius 1 is 0.459 bits per heavy atom. The molecule has 2 nitrogen and oxygen atoms in total. The number of aliphatic carboxylic acids is 1. The smallest absolute Gasteiger partial charge is 0.309 e. The lowest BCUT2D eigenvalue weighted by atomic mass is 9.65. The van der Waals surface area contributed by atoms with Crippen LogP contribution in [0.3, 0.4) is 0 Å². The topological polar surface area (TPSA) is 37.3 Å². The molecular formula is C35H70O2. The molecule has 37 heavy (non-hydrogen) atoms. The summed E-state index contributed by atoms with van der Waals surface area (Å²) in [4.78, 5) is 12.7. The first-order chi connectivity index (χ1) is 18.1. The Morgan fingerprint density at radius 2 is 0.838 bits per heavy atom. The van der Waals surface area contributed by atoms with Gasteiger partial charge in [-0.15, -0.1) is 0 Å². The fraction of sp³-hybridized carbons (Fsp3) is 0.971. The van der Waals surface area contributed by atoms with Gasteiger partial charge in [-0.25, -0.2) is 0 Å². The van der Waals surface area contributed by atoms with E-state index in [0.29, 0.717) is 5.92 Å². The molecule has 0 fully saturated rings. The number of hydrogen-bond acceptors (Lipinski definition) is 1. The molecule has 0 rings (SSSR count). The molecule has 0 aromatic carbocycles. The van der Waals surface area contributed by atoms with Crippen molar-refractivity contribution in [3.8, 4) is 0 Å². The lowest BCUT2D eigenvalue weighted by Crippen LogP contribution is -2.39. The van der Waals surface area contributed by atoms with Gasteiger partial charge in [0.15, 0.2) is 0 Å². The van der Waals surface area contributed by atoms with Gasteiger partial charge in [0.25, 0.3) is 0 Å². The van der Waals surface area contributed by atoms with Gasteiger partial charge in [-0.2, -0.15) is 0 Å². The van der Waals surface area contributed by atoms with E-state index in [9.17, 15) is 9.90 Å². The predicted octanol–water partition coefficient (Wildman–Crippen LogP) is 12.7. The molecule has 2 unspecified atom stereocenters. The average Bonchev–Trinajstić information content (AvgIpc) is 2.89. The highest BCUT2D eigenvalue weighted by Crippen LogP contribution is 2.44. The van der Waals surface area contributed by atoms with Crippen LogP contribution in [0.5, 0.6) is 0 Å². The summed E-state index contributed by atoms with van der Waals surface area (Å²) in [6.07, 6.45) is 35.7. The first-order valence-electron chi connectivity index (χ1n) is 17.3. The van der Waals surface area contributed by atoms with E-state index in [1.165, 1.54) is 135 Å². The molecular weight excluding hydrogens is 452 g/mol. The molecule has 0 aliphatic rings. The summed E-state index contributed by atoms with van der Waals surface area (Å²) in [7, 11) is 0. The SMILES string of the molecule is CCCCCCCCCCCCCCCC(CCC)C(CCC)(CCCCCCCCCCC)C(=O)O. The van der Waals surface area contributed by atoms with Crippen LogP contribution >= 0.6 is 0 Å². The first-order valence-corrected chi connectivity index (χ1v) is 17.3. The summed E-state index contributed by atoms with van der Waals surface area (Å²) in [5.74, 6) is -0.140. The molecule has 0 saturated carbocycles. The van der Waals surface area contributed by atoms with Crippen molar-refractivity contribution >= 4 is 5.97 Å². The lowest BCUT2D eigenvalue weighted by molar-refractivity contribution is -0.155. The fourth-order valence-corrected chi connectivity index (χ4v) is 6.57. The highest BCUT2D eigenvalue weighted by molar-refractivity contribution is 5.75. The number of hydrogen-bond donors (Lipinski definition) is 1. The standard InChI is InChI=1S/C35H70O2/c1-5-9-11-13-15-17-18-19-20-21-23-25-27-30-33(29-7-3)35(31-8-4,34(36)37)32-28-26-24-22-16-14-12-10-6-2/h33H,5-32H2,1-4H3,(H,36,37). The van der Waals surface area contributed by atoms with Crippen LogP contribution in [0, 0.1) is 11.3 Å². The Hall–Kier alpha value is -0.530. The number of rotatable bonds is 30. The zero-order valence-corrected chi connectivity index (χ0v) is 26.2. The Labute approximate surface area is 234 Å². The van der Waals surface area contributed by atoms with Gasteiger partial charge in [0, 0.05) is 0 Å². The zero-order valence-electron chi connectivity index (χ0n) is 26.2. The number of carboxylic acid groups (broad SMARTS) is 1. The summed E-state index contributed by atoms with van der Waals surface area (Å²) in [5.41, 5.74) is -0.483. The average molecular weight is 523 g/mol. The summed E-state index contributed by atoms with van der Waals surface area (Å²) in [6.45, 7) is 8.99. The third kappa shape index (κ3) is 19.2. The minimum Gasteiger partial charge on any atom is -0.481 e. The molecule has 0 aliphatic heterocycles. The lowest BCUT2D eigenvalue weighted by Gasteiger charge is -2.38. The van der Waals surface area contributed by atoms with Crippen molar-refractivity contribution in [1.82, 2.24) is 0 Å². The normalized spacial score (nSPS) is 14.1. The fourth-order valence-electron chi connectivity index (χ4n) is 6.57. The maximum Gasteiger partial charge on any atom is 0.309 e. The van der Waals surface area contributed by atoms with Crippen LogP contribution < -0.4 is 0 Å². The Kier molecular flexibility index (Phi) is 26.7. The van der Waals surface area contributed by atoms with Gasteiger partial charge < -0.3 is 5.11 Å². The van der Waals surface area contributed by atoms with Crippen molar-refractivity contribution in [3.05, 3.63) is 0 Å². The van der Waals surface area contributed by atoms with Crippen LogP contribution in [0.25, 0.3) is 0 Å². The second kappa shape index (κ2) is 27.1. The van der Waals surface area contributed by atoms with E-state index in [0.717, 1.165) is 44.9 Å². The quantitative estimate of drug-likeness (QED) is 0.0952. The molecule has 0 aromatic heterocycles. The van der Waals surface area contributed by atoms with Crippen LogP contribution in [0.4, 0.5) is 0 Å². The molecule has 2 atom stereocenters. The van der Waals surface area contributed by atoms with Crippen LogP contribution in [0.15, 0.2) is 0 Å². The van der Waals surface area contributed by atoms with E-state index in [4.69, 9.17) is 0 Å². The molecule has 222 valence electrons. The van der Waals surface area contributed by atoms with Gasteiger partial charge in [-0.1, -0.05) is 182 Å². The molecule has 0 heterocycles. The highest BCUT2D eigenvalue weighted by atomic mass is 16.4. The summed E-state index contributed by atoms with van der Waals surface area (Å²) in [5, 5.41) is 10.5. The first kappa shape index (κ1) is 36.5. The van der Waals surface area contributed by atoms with Crippen LogP contribution in [-0.4, -0.2) is 11.1 Å². The van der Waals surface area contributed by atoms with Gasteiger partial charge >= 0.3 is 5.97 Å². The van der Waals surface area contributed by atoms with Crippen molar-refractivity contribution in [1.29, 1.82) is 0 Å². The third-order valence-corrected chi connectivity index (χ3v) is 8.92. The molecule has 0 saturated heterocycles. The minimum atomic E-state index is -0.498. The predicted molar refractivity (Wildman–Crippen MR) is 166 cm³/mol. The van der Waals surface area contributed by atoms with Crippen molar-refractivity contribution in [2.45, 2.75) is 207 Å². The van der Waals surface area contributed by atoms with Crippen molar-refractivity contribution < 1.29 is 9.90 Å². The van der Waals surface area contributed by atoms with Gasteiger partial charge in [0.1, 0.15) is 0 Å². The summed E-state index contributed by atoms with van der Waals surface area (Å²) in [6, 6.07) is 0. The van der Waals surface area contributed by atoms with Crippen molar-refractivity contribution in [2.24, 2.45) is 11.3 Å². The molecule has 0 radical (unpaired) electrons. The molecule has 1 N–H and O–H groups in total. The van der Waals surface area contributed by atoms with Gasteiger partial charge in [-0.05, 0) is 31.6 Å². The molecule has 2 heteroatoms. The Morgan fingerprint density at radius 3 is 1.19 bits per heavy atom. The summed E-state index contributed by atoms with van der Waals surface area (Å²) >= 11 is 0. The summed E-state index contributed by atoms with van der Waals surface area (Å²) < 4.78 is 0. The molecule has 0 aromatic rings. The van der Waals surface area contributed by atoms with Gasteiger partial charge in [-0.3, -0.25) is 4.79 Å². The van der Waals surface area contributed by atoms with E-state index in [-0.39, 0.29) is 0 Å². The largest absolute Gasteiger partial charge is 0.481 e. The minimum absolute atomic E-state index is 0.358. The second-order valence-corrected chi connectivity index (χ2v) is 12.3. The Bertz CT molecular complexity index is 474. The molecule has 0 aliphatic carbocycles. The second-order valence-electron chi connectivity index (χ2n) is 12.3. The number of carboxylic acids is 1.